The van der Waals surface area contributed by atoms with Crippen LogP contribution in [0.25, 0.3) is 0 Å². The second-order valence-corrected chi connectivity index (χ2v) is 5.40. The van der Waals surface area contributed by atoms with Crippen molar-refractivity contribution in [2.45, 2.75) is 6.54 Å². The van der Waals surface area contributed by atoms with Gasteiger partial charge in [0.15, 0.2) is 0 Å². The van der Waals surface area contributed by atoms with Gasteiger partial charge >= 0.3 is 5.97 Å². The van der Waals surface area contributed by atoms with E-state index in [1.165, 1.54) is 20.3 Å². The Kier molecular flexibility index (Phi) is 5.82. The molecule has 0 saturated heterocycles. The summed E-state index contributed by atoms with van der Waals surface area (Å²) in [5.74, 6) is -2.20. The Morgan fingerprint density at radius 2 is 1.92 bits per heavy atom. The number of methoxy groups -OCH3 is 2. The summed E-state index contributed by atoms with van der Waals surface area (Å²) in [7, 11) is 2.66. The molecule has 6 nitrogen and oxygen atoms in total. The van der Waals surface area contributed by atoms with Gasteiger partial charge in [0.05, 0.1) is 24.8 Å². The highest BCUT2D eigenvalue weighted by atomic mass is 35.5. The van der Waals surface area contributed by atoms with Gasteiger partial charge in [-0.25, -0.2) is 9.18 Å². The van der Waals surface area contributed by atoms with Crippen molar-refractivity contribution in [3.05, 3.63) is 57.9 Å². The molecule has 132 valence electrons. The van der Waals surface area contributed by atoms with Crippen molar-refractivity contribution in [2.24, 2.45) is 0 Å². The average Bonchev–Trinajstić information content (AvgIpc) is 2.61. The van der Waals surface area contributed by atoms with Crippen LogP contribution >= 0.6 is 11.6 Å². The van der Waals surface area contributed by atoms with Crippen LogP contribution in [0.5, 0.6) is 11.5 Å². The van der Waals surface area contributed by atoms with Crippen molar-refractivity contribution < 1.29 is 28.6 Å². The highest BCUT2D eigenvalue weighted by Crippen LogP contribution is 2.28. The number of rotatable bonds is 5. The molecule has 2 aromatic carbocycles. The first-order valence-electron chi connectivity index (χ1n) is 7.08. The van der Waals surface area contributed by atoms with Gasteiger partial charge in [0, 0.05) is 6.54 Å². The SMILES string of the molecule is COC(=O)c1ccc(CNC(=O)c2cc(F)cc(Cl)c2O)cc1OC. The number of carbonyl (C=O) groups excluding carboxylic acids is 2. The predicted octanol–water partition coefficient (Wildman–Crippen LogP) is 2.91. The van der Waals surface area contributed by atoms with Gasteiger partial charge in [0.2, 0.25) is 0 Å². The van der Waals surface area contributed by atoms with Crippen molar-refractivity contribution in [3.8, 4) is 11.5 Å². The molecule has 0 saturated carbocycles. The van der Waals surface area contributed by atoms with E-state index in [1.807, 2.05) is 0 Å². The number of phenolic OH excluding ortho intramolecular Hbond substituents is 1. The molecule has 0 fully saturated rings. The minimum Gasteiger partial charge on any atom is -0.506 e. The summed E-state index contributed by atoms with van der Waals surface area (Å²) in [6, 6.07) is 6.46. The Bertz CT molecular complexity index is 825. The lowest BCUT2D eigenvalue weighted by Crippen LogP contribution is -2.23. The number of halogens is 2. The third-order valence-corrected chi connectivity index (χ3v) is 3.69. The Labute approximate surface area is 148 Å². The maximum atomic E-state index is 13.3. The van der Waals surface area contributed by atoms with Crippen molar-refractivity contribution in [2.75, 3.05) is 14.2 Å². The van der Waals surface area contributed by atoms with E-state index in [9.17, 15) is 19.1 Å². The van der Waals surface area contributed by atoms with E-state index in [0.717, 1.165) is 12.1 Å². The fourth-order valence-corrected chi connectivity index (χ4v) is 2.35. The zero-order valence-electron chi connectivity index (χ0n) is 13.4. The van der Waals surface area contributed by atoms with E-state index >= 15 is 0 Å². The third kappa shape index (κ3) is 4.19. The lowest BCUT2D eigenvalue weighted by Gasteiger charge is -2.11. The number of aromatic hydroxyl groups is 1. The van der Waals surface area contributed by atoms with Crippen molar-refractivity contribution in [1.82, 2.24) is 5.32 Å². The minimum atomic E-state index is -0.739. The van der Waals surface area contributed by atoms with Crippen LogP contribution in [0.1, 0.15) is 26.3 Å². The van der Waals surface area contributed by atoms with Gasteiger partial charge in [-0.2, -0.15) is 0 Å². The zero-order valence-corrected chi connectivity index (χ0v) is 14.2. The second kappa shape index (κ2) is 7.85. The van der Waals surface area contributed by atoms with Crippen LogP contribution in [0, 0.1) is 5.82 Å². The summed E-state index contributed by atoms with van der Waals surface area (Å²) in [5.41, 5.74) is 0.595. The van der Waals surface area contributed by atoms with Crippen LogP contribution in [0.4, 0.5) is 4.39 Å². The number of phenols is 1. The van der Waals surface area contributed by atoms with Crippen LogP contribution in [0.15, 0.2) is 30.3 Å². The molecule has 8 heteroatoms. The molecule has 0 unspecified atom stereocenters. The molecular weight excluding hydrogens is 353 g/mol. The lowest BCUT2D eigenvalue weighted by atomic mass is 10.1. The molecule has 2 aromatic rings. The monoisotopic (exact) mass is 367 g/mol. The fourth-order valence-electron chi connectivity index (χ4n) is 2.14. The molecule has 0 heterocycles. The Morgan fingerprint density at radius 1 is 1.20 bits per heavy atom. The van der Waals surface area contributed by atoms with E-state index in [-0.39, 0.29) is 28.4 Å². The quantitative estimate of drug-likeness (QED) is 0.794. The van der Waals surface area contributed by atoms with E-state index < -0.39 is 23.4 Å². The highest BCUT2D eigenvalue weighted by Gasteiger charge is 2.17. The summed E-state index contributed by atoms with van der Waals surface area (Å²) in [6.45, 7) is 0.0597. The lowest BCUT2D eigenvalue weighted by molar-refractivity contribution is 0.0597. The number of amides is 1. The number of nitrogens with one attached hydrogen (secondary N) is 1. The van der Waals surface area contributed by atoms with Crippen molar-refractivity contribution in [3.63, 3.8) is 0 Å². The standard InChI is InChI=1S/C17H15ClFNO5/c1-24-14-5-9(3-4-11(14)17(23)25-2)8-20-16(22)12-6-10(19)7-13(18)15(12)21/h3-7,21H,8H2,1-2H3,(H,20,22). The molecular formula is C17H15ClFNO5. The third-order valence-electron chi connectivity index (χ3n) is 3.40. The van der Waals surface area contributed by atoms with Crippen molar-refractivity contribution >= 4 is 23.5 Å². The number of carbonyl (C=O) groups is 2. The van der Waals surface area contributed by atoms with Gasteiger partial charge in [0.25, 0.3) is 5.91 Å². The van der Waals surface area contributed by atoms with Crippen LogP contribution < -0.4 is 10.1 Å². The summed E-state index contributed by atoms with van der Waals surface area (Å²) in [4.78, 5) is 23.7. The van der Waals surface area contributed by atoms with E-state index in [1.54, 1.807) is 12.1 Å². The second-order valence-electron chi connectivity index (χ2n) is 4.99. The topological polar surface area (TPSA) is 84.9 Å². The molecule has 0 radical (unpaired) electrons. The van der Waals surface area contributed by atoms with Gasteiger partial charge in [0.1, 0.15) is 22.9 Å². The van der Waals surface area contributed by atoms with E-state index in [2.05, 4.69) is 10.1 Å². The molecule has 25 heavy (non-hydrogen) atoms. The average molecular weight is 368 g/mol. The number of hydrogen-bond donors (Lipinski definition) is 2. The molecule has 0 aromatic heterocycles. The number of ether oxygens (including phenoxy) is 2. The van der Waals surface area contributed by atoms with Gasteiger partial charge in [-0.05, 0) is 29.8 Å². The molecule has 0 aliphatic rings. The van der Waals surface area contributed by atoms with E-state index in [4.69, 9.17) is 16.3 Å². The predicted molar refractivity (Wildman–Crippen MR) is 88.6 cm³/mol. The molecule has 2 rings (SSSR count). The summed E-state index contributed by atoms with van der Waals surface area (Å²) in [6.07, 6.45) is 0. The largest absolute Gasteiger partial charge is 0.506 e. The fraction of sp³-hybridized carbons (Fsp3) is 0.176. The van der Waals surface area contributed by atoms with Gasteiger partial charge in [-0.3, -0.25) is 4.79 Å². The van der Waals surface area contributed by atoms with Crippen LogP contribution in [0.3, 0.4) is 0 Å². The molecule has 0 spiro atoms. The van der Waals surface area contributed by atoms with Crippen LogP contribution in [-0.4, -0.2) is 31.2 Å². The maximum Gasteiger partial charge on any atom is 0.341 e. The number of benzene rings is 2. The molecule has 0 bridgehead atoms. The molecule has 0 atom stereocenters. The first-order valence-corrected chi connectivity index (χ1v) is 7.46. The van der Waals surface area contributed by atoms with Gasteiger partial charge in [-0.15, -0.1) is 0 Å². The van der Waals surface area contributed by atoms with Crippen LogP contribution in [-0.2, 0) is 11.3 Å². The normalized spacial score (nSPS) is 10.2. The first-order chi connectivity index (χ1) is 11.9. The highest BCUT2D eigenvalue weighted by molar-refractivity contribution is 6.32. The first kappa shape index (κ1) is 18.5. The summed E-state index contributed by atoms with van der Waals surface area (Å²) in [5, 5.41) is 12.0. The molecule has 0 aliphatic carbocycles. The van der Waals surface area contributed by atoms with Crippen LogP contribution in [0.2, 0.25) is 5.02 Å². The van der Waals surface area contributed by atoms with E-state index in [0.29, 0.717) is 5.56 Å². The summed E-state index contributed by atoms with van der Waals surface area (Å²) >= 11 is 5.65. The molecule has 1 amide bonds. The number of esters is 1. The number of hydrogen-bond acceptors (Lipinski definition) is 5. The zero-order chi connectivity index (χ0) is 18.6. The molecule has 2 N–H and O–H groups in total. The Hall–Kier alpha value is -2.80. The van der Waals surface area contributed by atoms with Gasteiger partial charge < -0.3 is 19.9 Å². The van der Waals surface area contributed by atoms with Gasteiger partial charge in [-0.1, -0.05) is 17.7 Å². The maximum absolute atomic E-state index is 13.3. The van der Waals surface area contributed by atoms with Crippen molar-refractivity contribution in [1.29, 1.82) is 0 Å². The summed E-state index contributed by atoms with van der Waals surface area (Å²) < 4.78 is 23.1. The Balaban J connectivity index is 2.16. The Morgan fingerprint density at radius 3 is 2.56 bits per heavy atom. The minimum absolute atomic E-state index is 0.0597. The smallest absolute Gasteiger partial charge is 0.341 e. The molecule has 0 aliphatic heterocycles.